The summed E-state index contributed by atoms with van der Waals surface area (Å²) in [6, 6.07) is 8.92. The Morgan fingerprint density at radius 2 is 2.24 bits per heavy atom. The second kappa shape index (κ2) is 7.77. The summed E-state index contributed by atoms with van der Waals surface area (Å²) in [6.45, 7) is 2.89. The smallest absolute Gasteiger partial charge is 0.238 e. The van der Waals surface area contributed by atoms with E-state index in [1.165, 1.54) is 6.42 Å². The van der Waals surface area contributed by atoms with Crippen molar-refractivity contribution < 1.29 is 9.53 Å². The number of nitriles is 1. The van der Waals surface area contributed by atoms with E-state index >= 15 is 0 Å². The van der Waals surface area contributed by atoms with Crippen molar-refractivity contribution in [2.24, 2.45) is 5.92 Å². The van der Waals surface area contributed by atoms with Crippen molar-refractivity contribution in [3.8, 4) is 6.07 Å². The third kappa shape index (κ3) is 5.18. The van der Waals surface area contributed by atoms with Gasteiger partial charge in [-0.2, -0.15) is 5.26 Å². The van der Waals surface area contributed by atoms with Crippen LogP contribution in [0.4, 0.5) is 5.69 Å². The van der Waals surface area contributed by atoms with Gasteiger partial charge in [0.2, 0.25) is 5.91 Å². The molecule has 1 aliphatic heterocycles. The summed E-state index contributed by atoms with van der Waals surface area (Å²) in [5.74, 6) is 0.477. The number of hydrogen-bond acceptors (Lipinski definition) is 4. The molecule has 0 radical (unpaired) electrons. The Bertz CT molecular complexity index is 501. The average molecular weight is 287 g/mol. The molecule has 21 heavy (non-hydrogen) atoms. The summed E-state index contributed by atoms with van der Waals surface area (Å²) in [5.41, 5.74) is 1.30. The number of carbonyl (C=O) groups is 1. The molecule has 1 aromatic rings. The Morgan fingerprint density at radius 3 is 2.86 bits per heavy atom. The van der Waals surface area contributed by atoms with Gasteiger partial charge in [0.1, 0.15) is 0 Å². The Hall–Kier alpha value is -1.90. The van der Waals surface area contributed by atoms with E-state index in [1.54, 1.807) is 24.3 Å². The molecule has 1 saturated heterocycles. The molecule has 0 spiro atoms. The number of ether oxygens (including phenoxy) is 1. The normalized spacial score (nSPS) is 18.2. The first-order valence-corrected chi connectivity index (χ1v) is 7.23. The van der Waals surface area contributed by atoms with Crippen molar-refractivity contribution in [2.45, 2.75) is 12.8 Å². The Labute approximate surface area is 125 Å². The van der Waals surface area contributed by atoms with Gasteiger partial charge in [-0.05, 0) is 50.1 Å². The van der Waals surface area contributed by atoms with Gasteiger partial charge in [-0.1, -0.05) is 0 Å². The number of nitrogens with one attached hydrogen (secondary N) is 1. The average Bonchev–Trinajstić information content (AvgIpc) is 2.48. The molecular weight excluding hydrogens is 266 g/mol. The van der Waals surface area contributed by atoms with Crippen molar-refractivity contribution in [2.75, 3.05) is 38.7 Å². The van der Waals surface area contributed by atoms with E-state index in [2.05, 4.69) is 11.4 Å². The highest BCUT2D eigenvalue weighted by atomic mass is 16.5. The number of benzene rings is 1. The Kier molecular flexibility index (Phi) is 5.73. The summed E-state index contributed by atoms with van der Waals surface area (Å²) in [5, 5.41) is 11.6. The summed E-state index contributed by atoms with van der Waals surface area (Å²) in [6.07, 6.45) is 2.28. The first-order valence-electron chi connectivity index (χ1n) is 7.23. The zero-order valence-corrected chi connectivity index (χ0v) is 12.3. The minimum absolute atomic E-state index is 0.0427. The first-order chi connectivity index (χ1) is 10.2. The maximum absolute atomic E-state index is 12.0. The fourth-order valence-electron chi connectivity index (χ4n) is 2.53. The summed E-state index contributed by atoms with van der Waals surface area (Å²) in [4.78, 5) is 14.0. The lowest BCUT2D eigenvalue weighted by atomic mass is 10.0. The van der Waals surface area contributed by atoms with Gasteiger partial charge in [0, 0.05) is 18.8 Å². The number of carbonyl (C=O) groups excluding carboxylic acids is 1. The molecular formula is C16H21N3O2. The van der Waals surface area contributed by atoms with E-state index in [0.29, 0.717) is 23.7 Å². The zero-order valence-electron chi connectivity index (χ0n) is 12.3. The lowest BCUT2D eigenvalue weighted by molar-refractivity contribution is -0.117. The lowest BCUT2D eigenvalue weighted by Crippen LogP contribution is -2.36. The molecule has 0 aromatic heterocycles. The van der Waals surface area contributed by atoms with Gasteiger partial charge < -0.3 is 10.1 Å². The highest BCUT2D eigenvalue weighted by molar-refractivity contribution is 5.92. The fourth-order valence-corrected chi connectivity index (χ4v) is 2.53. The molecule has 5 heteroatoms. The number of hydrogen-bond donors (Lipinski definition) is 1. The van der Waals surface area contributed by atoms with E-state index in [4.69, 9.17) is 10.00 Å². The van der Waals surface area contributed by atoms with Crippen molar-refractivity contribution in [3.05, 3.63) is 29.8 Å². The van der Waals surface area contributed by atoms with E-state index in [-0.39, 0.29) is 5.91 Å². The van der Waals surface area contributed by atoms with Crippen molar-refractivity contribution in [1.82, 2.24) is 4.90 Å². The number of anilines is 1. The van der Waals surface area contributed by atoms with E-state index < -0.39 is 0 Å². The zero-order chi connectivity index (χ0) is 15.1. The van der Waals surface area contributed by atoms with Crippen molar-refractivity contribution in [1.29, 1.82) is 5.26 Å². The van der Waals surface area contributed by atoms with Crippen LogP contribution in [-0.4, -0.2) is 44.2 Å². The van der Waals surface area contributed by atoms with Crippen LogP contribution in [0, 0.1) is 17.2 Å². The molecule has 1 N–H and O–H groups in total. The molecule has 1 fully saturated rings. The molecule has 1 heterocycles. The van der Waals surface area contributed by atoms with Gasteiger partial charge in [-0.15, -0.1) is 0 Å². The van der Waals surface area contributed by atoms with E-state index in [9.17, 15) is 4.79 Å². The van der Waals surface area contributed by atoms with Crippen LogP contribution in [0.15, 0.2) is 24.3 Å². The maximum atomic E-state index is 12.0. The predicted molar refractivity (Wildman–Crippen MR) is 80.8 cm³/mol. The van der Waals surface area contributed by atoms with E-state index in [0.717, 1.165) is 26.2 Å². The summed E-state index contributed by atoms with van der Waals surface area (Å²) < 4.78 is 5.45. The molecule has 0 saturated carbocycles. The Morgan fingerprint density at radius 1 is 1.48 bits per heavy atom. The van der Waals surface area contributed by atoms with Gasteiger partial charge in [0.05, 0.1) is 24.8 Å². The second-order valence-electron chi connectivity index (χ2n) is 5.52. The van der Waals surface area contributed by atoms with Crippen LogP contribution in [-0.2, 0) is 9.53 Å². The standard InChI is InChI=1S/C16H21N3O2/c1-19(10-14-3-2-8-21-12-14)11-16(20)18-15-6-4-13(9-17)5-7-15/h4-7,14H,2-3,8,10-12H2,1H3,(H,18,20). The molecule has 0 bridgehead atoms. The molecule has 1 amide bonds. The quantitative estimate of drug-likeness (QED) is 0.897. The third-order valence-corrected chi connectivity index (χ3v) is 3.54. The van der Waals surface area contributed by atoms with Crippen LogP contribution in [0.2, 0.25) is 0 Å². The summed E-state index contributed by atoms with van der Waals surface area (Å²) >= 11 is 0. The number of nitrogens with zero attached hydrogens (tertiary/aromatic N) is 2. The molecule has 1 aromatic carbocycles. The van der Waals surface area contributed by atoms with Gasteiger partial charge >= 0.3 is 0 Å². The third-order valence-electron chi connectivity index (χ3n) is 3.54. The van der Waals surface area contributed by atoms with Crippen LogP contribution in [0.5, 0.6) is 0 Å². The molecule has 112 valence electrons. The topological polar surface area (TPSA) is 65.4 Å². The van der Waals surface area contributed by atoms with Crippen LogP contribution in [0.3, 0.4) is 0 Å². The minimum Gasteiger partial charge on any atom is -0.381 e. The van der Waals surface area contributed by atoms with Crippen LogP contribution in [0.1, 0.15) is 18.4 Å². The first kappa shape index (κ1) is 15.5. The van der Waals surface area contributed by atoms with Crippen molar-refractivity contribution in [3.63, 3.8) is 0 Å². The van der Waals surface area contributed by atoms with Gasteiger partial charge in [-0.25, -0.2) is 0 Å². The molecule has 1 atom stereocenters. The molecule has 0 aliphatic carbocycles. The lowest BCUT2D eigenvalue weighted by Gasteiger charge is -2.26. The van der Waals surface area contributed by atoms with Crippen LogP contribution >= 0.6 is 0 Å². The molecule has 2 rings (SSSR count). The minimum atomic E-state index is -0.0427. The molecule has 1 unspecified atom stereocenters. The van der Waals surface area contributed by atoms with Crippen LogP contribution in [0.25, 0.3) is 0 Å². The number of likely N-dealkylation sites (N-methyl/N-ethyl adjacent to an activating group) is 1. The largest absolute Gasteiger partial charge is 0.381 e. The monoisotopic (exact) mass is 287 g/mol. The Balaban J connectivity index is 1.76. The number of rotatable bonds is 5. The van der Waals surface area contributed by atoms with Gasteiger partial charge in [0.25, 0.3) is 0 Å². The molecule has 5 nitrogen and oxygen atoms in total. The van der Waals surface area contributed by atoms with Gasteiger partial charge in [0.15, 0.2) is 0 Å². The fraction of sp³-hybridized carbons (Fsp3) is 0.500. The second-order valence-corrected chi connectivity index (χ2v) is 5.52. The predicted octanol–water partition coefficient (Wildman–Crippen LogP) is 1.86. The number of amides is 1. The summed E-state index contributed by atoms with van der Waals surface area (Å²) in [7, 11) is 1.95. The van der Waals surface area contributed by atoms with E-state index in [1.807, 2.05) is 11.9 Å². The SMILES string of the molecule is CN(CC(=O)Nc1ccc(C#N)cc1)CC1CCCOC1. The highest BCUT2D eigenvalue weighted by Crippen LogP contribution is 2.14. The van der Waals surface area contributed by atoms with Crippen LogP contribution < -0.4 is 5.32 Å². The van der Waals surface area contributed by atoms with Crippen molar-refractivity contribution >= 4 is 11.6 Å². The highest BCUT2D eigenvalue weighted by Gasteiger charge is 2.17. The van der Waals surface area contributed by atoms with Gasteiger partial charge in [-0.3, -0.25) is 9.69 Å². The molecule has 1 aliphatic rings. The maximum Gasteiger partial charge on any atom is 0.238 e.